The Morgan fingerprint density at radius 2 is 0.500 bits per heavy atom. The molecule has 0 aliphatic carbocycles. The van der Waals surface area contributed by atoms with Crippen LogP contribution in [-0.4, -0.2) is 0 Å². The minimum absolute atomic E-state index is 0. The normalized spacial score (nSPS) is 7.62. The highest BCUT2D eigenvalue weighted by molar-refractivity contribution is 4.84. The van der Waals surface area contributed by atoms with Crippen LogP contribution in [0.3, 0.4) is 0 Å². The predicted octanol–water partition coefficient (Wildman–Crippen LogP) is -7.45. The first-order valence-corrected chi connectivity index (χ1v) is 6.89. The second-order valence-corrected chi connectivity index (χ2v) is 4.62. The van der Waals surface area contributed by atoms with Crippen molar-refractivity contribution >= 4 is 0 Å². The fourth-order valence-corrected chi connectivity index (χ4v) is 1.45. The fraction of sp³-hybridized carbons (Fsp3) is 0.167. The van der Waals surface area contributed by atoms with Crippen LogP contribution in [0.1, 0.15) is 0 Å². The van der Waals surface area contributed by atoms with Crippen LogP contribution >= 0.6 is 0 Å². The lowest BCUT2D eigenvalue weighted by molar-refractivity contribution is -0.671. The zero-order valence-electron chi connectivity index (χ0n) is 14.1. The molecule has 0 fully saturated rings. The molecule has 132 valence electrons. The molecular formula is C18H24I3N3. The molecular weight excluding hydrogens is 639 g/mol. The van der Waals surface area contributed by atoms with E-state index in [9.17, 15) is 0 Å². The number of hydrogen-bond acceptors (Lipinski definition) is 0. The molecule has 3 rings (SSSR count). The van der Waals surface area contributed by atoms with Crippen molar-refractivity contribution < 1.29 is 85.6 Å². The largest absolute Gasteiger partial charge is 1.00 e. The molecule has 0 aromatic carbocycles. The average Bonchev–Trinajstić information content (AvgIpc) is 2.51. The summed E-state index contributed by atoms with van der Waals surface area (Å²) in [5.41, 5.74) is 0. The standard InChI is InChI=1S/3C6H8N.3HI/c3*1-7-5-3-2-4-6-7;;;/h3*2-6H,1H3;3*1H/q3*+1;;;/p-3. The van der Waals surface area contributed by atoms with Crippen molar-refractivity contribution in [2.45, 2.75) is 0 Å². The topological polar surface area (TPSA) is 11.6 Å². The molecule has 0 aliphatic heterocycles. The Kier molecular flexibility index (Phi) is 22.5. The molecule has 0 spiro atoms. The van der Waals surface area contributed by atoms with E-state index in [1.54, 1.807) is 0 Å². The highest BCUT2D eigenvalue weighted by atomic mass is 127. The van der Waals surface area contributed by atoms with Crippen LogP contribution in [-0.2, 0) is 21.1 Å². The first-order chi connectivity index (χ1) is 10.2. The van der Waals surface area contributed by atoms with Gasteiger partial charge in [-0.1, -0.05) is 18.2 Å². The molecule has 0 saturated heterocycles. The lowest BCUT2D eigenvalue weighted by Gasteiger charge is -1.77. The van der Waals surface area contributed by atoms with Gasteiger partial charge in [0.05, 0.1) is 0 Å². The van der Waals surface area contributed by atoms with Gasteiger partial charge >= 0.3 is 0 Å². The first kappa shape index (κ1) is 28.4. The fourth-order valence-electron chi connectivity index (χ4n) is 1.45. The van der Waals surface area contributed by atoms with Crippen molar-refractivity contribution in [1.82, 2.24) is 0 Å². The number of nitrogens with zero attached hydrogens (tertiary/aromatic N) is 3. The van der Waals surface area contributed by atoms with E-state index in [4.69, 9.17) is 0 Å². The maximum absolute atomic E-state index is 2.00. The quantitative estimate of drug-likeness (QED) is 0.168. The summed E-state index contributed by atoms with van der Waals surface area (Å²) in [6.45, 7) is 0. The summed E-state index contributed by atoms with van der Waals surface area (Å²) < 4.78 is 6.00. The number of hydrogen-bond donors (Lipinski definition) is 0. The van der Waals surface area contributed by atoms with Crippen molar-refractivity contribution in [3.05, 3.63) is 91.8 Å². The third kappa shape index (κ3) is 16.5. The maximum atomic E-state index is 2.00. The number of aromatic nitrogens is 3. The van der Waals surface area contributed by atoms with Crippen molar-refractivity contribution in [1.29, 1.82) is 0 Å². The lowest BCUT2D eigenvalue weighted by atomic mass is 10.5. The molecule has 3 heterocycles. The Morgan fingerprint density at radius 3 is 0.583 bits per heavy atom. The van der Waals surface area contributed by atoms with Gasteiger partial charge < -0.3 is 71.9 Å². The van der Waals surface area contributed by atoms with Crippen LogP contribution in [0.5, 0.6) is 0 Å². The molecule has 0 radical (unpaired) electrons. The van der Waals surface area contributed by atoms with Gasteiger partial charge in [-0.25, -0.2) is 13.7 Å². The number of rotatable bonds is 0. The molecule has 0 aliphatic rings. The average molecular weight is 663 g/mol. The van der Waals surface area contributed by atoms with Crippen LogP contribution in [0, 0.1) is 0 Å². The molecule has 0 bridgehead atoms. The van der Waals surface area contributed by atoms with Crippen molar-refractivity contribution in [2.75, 3.05) is 0 Å². The molecule has 24 heavy (non-hydrogen) atoms. The van der Waals surface area contributed by atoms with Gasteiger partial charge in [-0.2, -0.15) is 0 Å². The smallest absolute Gasteiger partial charge is 0.168 e. The van der Waals surface area contributed by atoms with E-state index in [0.717, 1.165) is 0 Å². The Morgan fingerprint density at radius 1 is 0.333 bits per heavy atom. The zero-order valence-corrected chi connectivity index (χ0v) is 20.6. The summed E-state index contributed by atoms with van der Waals surface area (Å²) in [7, 11) is 6.00. The monoisotopic (exact) mass is 663 g/mol. The predicted molar refractivity (Wildman–Crippen MR) is 82.9 cm³/mol. The van der Waals surface area contributed by atoms with E-state index in [1.165, 1.54) is 0 Å². The molecule has 0 amide bonds. The van der Waals surface area contributed by atoms with Crippen LogP contribution in [0.4, 0.5) is 0 Å². The summed E-state index contributed by atoms with van der Waals surface area (Å²) in [4.78, 5) is 0. The summed E-state index contributed by atoms with van der Waals surface area (Å²) in [6.07, 6.45) is 12.0. The van der Waals surface area contributed by atoms with E-state index in [-0.39, 0.29) is 71.9 Å². The molecule has 0 N–H and O–H groups in total. The Labute approximate surface area is 196 Å². The van der Waals surface area contributed by atoms with Gasteiger partial charge in [0.15, 0.2) is 37.2 Å². The van der Waals surface area contributed by atoms with Gasteiger partial charge in [0, 0.05) is 36.4 Å². The second kappa shape index (κ2) is 19.0. The van der Waals surface area contributed by atoms with Gasteiger partial charge in [-0.05, 0) is 0 Å². The van der Waals surface area contributed by atoms with E-state index in [1.807, 2.05) is 127 Å². The molecule has 0 saturated carbocycles. The molecule has 3 aromatic heterocycles. The minimum Gasteiger partial charge on any atom is -1.00 e. The van der Waals surface area contributed by atoms with Gasteiger partial charge in [-0.15, -0.1) is 0 Å². The summed E-state index contributed by atoms with van der Waals surface area (Å²) in [5.74, 6) is 0. The van der Waals surface area contributed by atoms with Gasteiger partial charge in [0.1, 0.15) is 21.1 Å². The van der Waals surface area contributed by atoms with Crippen LogP contribution in [0.2, 0.25) is 0 Å². The number of halogens is 3. The number of aryl methyl sites for hydroxylation is 3. The third-order valence-corrected chi connectivity index (χ3v) is 2.59. The summed E-state index contributed by atoms with van der Waals surface area (Å²) in [5, 5.41) is 0. The van der Waals surface area contributed by atoms with Crippen molar-refractivity contribution in [2.24, 2.45) is 21.1 Å². The summed E-state index contributed by atoms with van der Waals surface area (Å²) >= 11 is 0. The van der Waals surface area contributed by atoms with Crippen molar-refractivity contribution in [3.63, 3.8) is 0 Å². The molecule has 3 nitrogen and oxygen atoms in total. The Bertz CT molecular complexity index is 505. The summed E-state index contributed by atoms with van der Waals surface area (Å²) in [6, 6.07) is 18.0. The van der Waals surface area contributed by atoms with Crippen molar-refractivity contribution in [3.8, 4) is 0 Å². The van der Waals surface area contributed by atoms with Crippen LogP contribution in [0.15, 0.2) is 91.8 Å². The molecule has 0 unspecified atom stereocenters. The highest BCUT2D eigenvalue weighted by Gasteiger charge is 1.79. The zero-order chi connectivity index (χ0) is 15.3. The van der Waals surface area contributed by atoms with Gasteiger partial charge in [0.25, 0.3) is 0 Å². The maximum Gasteiger partial charge on any atom is 0.168 e. The second-order valence-electron chi connectivity index (χ2n) is 4.62. The highest BCUT2D eigenvalue weighted by Crippen LogP contribution is 1.72. The first-order valence-electron chi connectivity index (χ1n) is 6.89. The lowest BCUT2D eigenvalue weighted by Crippen LogP contribution is -3.00. The minimum atomic E-state index is 0. The van der Waals surface area contributed by atoms with E-state index < -0.39 is 0 Å². The van der Waals surface area contributed by atoms with Gasteiger partial charge in [-0.3, -0.25) is 0 Å². The Hall–Kier alpha value is -0.360. The Balaban J connectivity index is -0.000000259. The molecule has 0 atom stereocenters. The molecule has 6 heteroatoms. The number of pyridine rings is 3. The van der Waals surface area contributed by atoms with E-state index in [0.29, 0.717) is 0 Å². The third-order valence-electron chi connectivity index (χ3n) is 2.59. The van der Waals surface area contributed by atoms with E-state index in [2.05, 4.69) is 0 Å². The van der Waals surface area contributed by atoms with Gasteiger partial charge in [0.2, 0.25) is 0 Å². The van der Waals surface area contributed by atoms with Crippen LogP contribution < -0.4 is 85.6 Å². The van der Waals surface area contributed by atoms with Crippen LogP contribution in [0.25, 0.3) is 0 Å². The van der Waals surface area contributed by atoms with E-state index >= 15 is 0 Å². The molecule has 3 aromatic rings. The SMILES string of the molecule is C[n+]1ccccc1.C[n+]1ccccc1.C[n+]1ccccc1.[I-].[I-].[I-].